The highest BCUT2D eigenvalue weighted by atomic mass is 16.2. The number of nitrogens with one attached hydrogen (secondary N) is 2. The maximum Gasteiger partial charge on any atom is 0.320 e. The molecule has 1 unspecified atom stereocenters. The highest BCUT2D eigenvalue weighted by molar-refractivity contribution is 5.76. The third-order valence-electron chi connectivity index (χ3n) is 7.08. The monoisotopic (exact) mass is 375 g/mol. The van der Waals surface area contributed by atoms with Crippen LogP contribution in [0.25, 0.3) is 0 Å². The summed E-state index contributed by atoms with van der Waals surface area (Å²) in [6, 6.07) is 2.41. The number of rotatable bonds is 4. The molecule has 0 radical (unpaired) electrons. The molecule has 2 heterocycles. The van der Waals surface area contributed by atoms with Gasteiger partial charge in [0.1, 0.15) is 5.54 Å². The number of carbonyl (C=O) groups is 1. The van der Waals surface area contributed by atoms with E-state index in [0.29, 0.717) is 18.8 Å². The summed E-state index contributed by atoms with van der Waals surface area (Å²) in [5.41, 5.74) is -0.953. The molecule has 3 aliphatic rings. The van der Waals surface area contributed by atoms with Gasteiger partial charge in [-0.15, -0.1) is 0 Å². The van der Waals surface area contributed by atoms with E-state index in [9.17, 15) is 10.1 Å². The van der Waals surface area contributed by atoms with Gasteiger partial charge in [0.2, 0.25) is 0 Å². The van der Waals surface area contributed by atoms with E-state index in [4.69, 9.17) is 0 Å². The Hall–Kier alpha value is -1.32. The lowest BCUT2D eigenvalue weighted by atomic mass is 9.75. The number of amides is 2. The fraction of sp³-hybridized carbons (Fsp3) is 0.905. The second kappa shape index (κ2) is 8.79. The van der Waals surface area contributed by atoms with E-state index in [1.54, 1.807) is 0 Å². The number of carbonyl (C=O) groups excluding carboxylic acids is 1. The van der Waals surface area contributed by atoms with Crippen molar-refractivity contribution in [1.82, 2.24) is 20.4 Å². The van der Waals surface area contributed by atoms with E-state index < -0.39 is 5.54 Å². The molecular weight excluding hydrogens is 338 g/mol. The van der Waals surface area contributed by atoms with Gasteiger partial charge in [0.15, 0.2) is 0 Å². The lowest BCUT2D eigenvalue weighted by Crippen LogP contribution is -2.70. The maximum atomic E-state index is 13.5. The summed E-state index contributed by atoms with van der Waals surface area (Å²) >= 11 is 0. The van der Waals surface area contributed by atoms with E-state index >= 15 is 0 Å². The van der Waals surface area contributed by atoms with Crippen LogP contribution in [0.5, 0.6) is 0 Å². The van der Waals surface area contributed by atoms with Crippen molar-refractivity contribution in [3.05, 3.63) is 0 Å². The summed E-state index contributed by atoms with van der Waals surface area (Å²) in [5, 5.41) is 16.8. The minimum Gasteiger partial charge on any atom is -0.319 e. The predicted molar refractivity (Wildman–Crippen MR) is 107 cm³/mol. The van der Waals surface area contributed by atoms with E-state index in [1.165, 1.54) is 38.5 Å². The van der Waals surface area contributed by atoms with Gasteiger partial charge in [0.25, 0.3) is 0 Å². The fourth-order valence-electron chi connectivity index (χ4n) is 5.46. The Morgan fingerprint density at radius 3 is 2.41 bits per heavy atom. The third-order valence-corrected chi connectivity index (χ3v) is 7.08. The van der Waals surface area contributed by atoms with Crippen molar-refractivity contribution in [2.75, 3.05) is 33.2 Å². The smallest absolute Gasteiger partial charge is 0.319 e. The average Bonchev–Trinajstić information content (AvgIpc) is 2.71. The average molecular weight is 376 g/mol. The van der Waals surface area contributed by atoms with Gasteiger partial charge in [-0.25, -0.2) is 4.79 Å². The van der Waals surface area contributed by atoms with Crippen LogP contribution in [0, 0.1) is 17.2 Å². The Bertz CT molecular complexity index is 541. The molecule has 0 bridgehead atoms. The molecule has 1 atom stereocenters. The first-order valence-corrected chi connectivity index (χ1v) is 11.0. The summed E-state index contributed by atoms with van der Waals surface area (Å²) < 4.78 is 0. The molecule has 3 fully saturated rings. The molecule has 2 saturated heterocycles. The van der Waals surface area contributed by atoms with Gasteiger partial charge in [0, 0.05) is 19.6 Å². The molecule has 0 aromatic rings. The zero-order valence-corrected chi connectivity index (χ0v) is 17.2. The number of urea groups is 1. The van der Waals surface area contributed by atoms with Crippen molar-refractivity contribution in [3.63, 3.8) is 0 Å². The first-order chi connectivity index (χ1) is 13.1. The Morgan fingerprint density at radius 1 is 1.07 bits per heavy atom. The van der Waals surface area contributed by atoms with E-state index in [2.05, 4.69) is 40.5 Å². The summed E-state index contributed by atoms with van der Waals surface area (Å²) in [7, 11) is 2.08. The second-order valence-electron chi connectivity index (χ2n) is 8.83. The number of likely N-dealkylation sites (tertiary alicyclic amines) is 2. The van der Waals surface area contributed by atoms with Crippen LogP contribution in [0.15, 0.2) is 0 Å². The second-order valence-corrected chi connectivity index (χ2v) is 8.83. The Labute approximate surface area is 164 Å². The maximum absolute atomic E-state index is 13.5. The summed E-state index contributed by atoms with van der Waals surface area (Å²) in [6.07, 6.45) is 10.9. The molecule has 6 nitrogen and oxygen atoms in total. The van der Waals surface area contributed by atoms with Crippen molar-refractivity contribution < 1.29 is 4.79 Å². The van der Waals surface area contributed by atoms with E-state index in [-0.39, 0.29) is 11.7 Å². The molecule has 1 aliphatic carbocycles. The van der Waals surface area contributed by atoms with Crippen molar-refractivity contribution in [1.29, 1.82) is 5.26 Å². The standard InChI is InChI=1S/C21H37N5O/c1-3-23-21(18-9-5-4-6-10-18)11-7-8-14-26(21)19(27)24-20(17-22)12-15-25(2)16-13-20/h18,23H,3-16H2,1-2H3,(H,24,27). The molecule has 2 amide bonds. The van der Waals surface area contributed by atoms with E-state index in [0.717, 1.165) is 39.0 Å². The minimum atomic E-state index is -0.717. The summed E-state index contributed by atoms with van der Waals surface area (Å²) in [6.45, 7) is 5.51. The van der Waals surface area contributed by atoms with Crippen LogP contribution in [-0.2, 0) is 0 Å². The van der Waals surface area contributed by atoms with Gasteiger partial charge in [-0.05, 0) is 64.5 Å². The molecule has 3 rings (SSSR count). The number of piperidine rings is 2. The fourth-order valence-corrected chi connectivity index (χ4v) is 5.46. The van der Waals surface area contributed by atoms with Gasteiger partial charge in [0.05, 0.1) is 11.7 Å². The topological polar surface area (TPSA) is 71.4 Å². The van der Waals surface area contributed by atoms with Crippen molar-refractivity contribution in [2.45, 2.75) is 82.3 Å². The Morgan fingerprint density at radius 2 is 1.78 bits per heavy atom. The van der Waals surface area contributed by atoms with Crippen molar-refractivity contribution in [3.8, 4) is 6.07 Å². The molecule has 6 heteroatoms. The van der Waals surface area contributed by atoms with Gasteiger partial charge >= 0.3 is 6.03 Å². The zero-order valence-electron chi connectivity index (χ0n) is 17.2. The van der Waals surface area contributed by atoms with Crippen molar-refractivity contribution >= 4 is 6.03 Å². The van der Waals surface area contributed by atoms with Crippen LogP contribution >= 0.6 is 0 Å². The van der Waals surface area contributed by atoms with Crippen LogP contribution in [0.3, 0.4) is 0 Å². The molecular formula is C21H37N5O. The molecule has 27 heavy (non-hydrogen) atoms. The Balaban J connectivity index is 1.80. The first-order valence-electron chi connectivity index (χ1n) is 11.0. The van der Waals surface area contributed by atoms with E-state index in [1.807, 2.05) is 0 Å². The normalized spacial score (nSPS) is 29.9. The van der Waals surface area contributed by atoms with Gasteiger partial charge in [-0.3, -0.25) is 5.32 Å². The molecule has 0 aromatic heterocycles. The number of hydrogen-bond acceptors (Lipinski definition) is 4. The van der Waals surface area contributed by atoms with Crippen molar-refractivity contribution in [2.24, 2.45) is 5.92 Å². The van der Waals surface area contributed by atoms with Gasteiger partial charge in [-0.1, -0.05) is 26.2 Å². The molecule has 2 N–H and O–H groups in total. The molecule has 0 aromatic carbocycles. The summed E-state index contributed by atoms with van der Waals surface area (Å²) in [4.78, 5) is 17.8. The SMILES string of the molecule is CCNC1(C2CCCCC2)CCCCN1C(=O)NC1(C#N)CCN(C)CC1. The minimum absolute atomic E-state index is 0.0349. The summed E-state index contributed by atoms with van der Waals surface area (Å²) in [5.74, 6) is 0.521. The highest BCUT2D eigenvalue weighted by Crippen LogP contribution is 2.40. The van der Waals surface area contributed by atoms with Crippen LogP contribution < -0.4 is 10.6 Å². The largest absolute Gasteiger partial charge is 0.320 e. The molecule has 2 aliphatic heterocycles. The first kappa shape index (κ1) is 20.4. The van der Waals surface area contributed by atoms with Crippen LogP contribution in [-0.4, -0.2) is 60.3 Å². The molecule has 0 spiro atoms. The zero-order chi connectivity index (χ0) is 19.3. The third kappa shape index (κ3) is 4.25. The van der Waals surface area contributed by atoms with Crippen LogP contribution in [0.1, 0.15) is 71.1 Å². The van der Waals surface area contributed by atoms with Gasteiger partial charge < -0.3 is 15.1 Å². The number of hydrogen-bond donors (Lipinski definition) is 2. The predicted octanol–water partition coefficient (Wildman–Crippen LogP) is 3.06. The quantitative estimate of drug-likeness (QED) is 0.792. The number of nitriles is 1. The Kier molecular flexibility index (Phi) is 6.65. The lowest BCUT2D eigenvalue weighted by Gasteiger charge is -2.53. The van der Waals surface area contributed by atoms with Crippen LogP contribution in [0.4, 0.5) is 4.79 Å². The molecule has 152 valence electrons. The highest BCUT2D eigenvalue weighted by Gasteiger charge is 2.48. The van der Waals surface area contributed by atoms with Gasteiger partial charge in [-0.2, -0.15) is 5.26 Å². The lowest BCUT2D eigenvalue weighted by molar-refractivity contribution is -0.0154. The molecule has 1 saturated carbocycles. The number of nitrogens with zero attached hydrogens (tertiary/aromatic N) is 3. The van der Waals surface area contributed by atoms with Crippen LogP contribution in [0.2, 0.25) is 0 Å².